The van der Waals surface area contributed by atoms with Gasteiger partial charge in [-0.05, 0) is 70.8 Å². The molecule has 1 heterocycles. The van der Waals surface area contributed by atoms with Crippen molar-refractivity contribution in [2.45, 2.75) is 83.7 Å². The monoisotopic (exact) mass is 414 g/mol. The van der Waals surface area contributed by atoms with Crippen LogP contribution < -0.4 is 5.73 Å². The number of hydrogen-bond acceptors (Lipinski definition) is 5. The van der Waals surface area contributed by atoms with Gasteiger partial charge in [0.25, 0.3) is 0 Å². The molecule has 1 saturated heterocycles. The minimum absolute atomic E-state index is 0.0333. The van der Waals surface area contributed by atoms with Crippen LogP contribution in [0.4, 0.5) is 4.79 Å². The Morgan fingerprint density at radius 3 is 2.20 bits per heavy atom. The van der Waals surface area contributed by atoms with Crippen molar-refractivity contribution in [1.29, 1.82) is 0 Å². The van der Waals surface area contributed by atoms with Crippen LogP contribution in [-0.4, -0.2) is 40.8 Å². The van der Waals surface area contributed by atoms with Crippen LogP contribution in [0.1, 0.15) is 65.5 Å². The smallest absolute Gasteiger partial charge is 0.411 e. The average molecular weight is 415 g/mol. The highest BCUT2D eigenvalue weighted by Gasteiger charge is 2.69. The fraction of sp³-hybridized carbons (Fsp3) is 0.667. The summed E-state index contributed by atoms with van der Waals surface area (Å²) in [7, 11) is 0. The minimum Gasteiger partial charge on any atom is -0.458 e. The molecule has 1 aromatic carbocycles. The van der Waals surface area contributed by atoms with Crippen molar-refractivity contribution in [3.05, 3.63) is 35.9 Å². The van der Waals surface area contributed by atoms with E-state index in [1.807, 2.05) is 65.0 Å². The molecule has 1 aliphatic heterocycles. The average Bonchev–Trinajstić information content (AvgIpc) is 2.85. The first-order valence-corrected chi connectivity index (χ1v) is 11.0. The van der Waals surface area contributed by atoms with Gasteiger partial charge in [0.1, 0.15) is 11.6 Å². The molecule has 5 rings (SSSR count). The summed E-state index contributed by atoms with van der Waals surface area (Å²) in [4.78, 5) is 28.4. The highest BCUT2D eigenvalue weighted by atomic mass is 16.6. The molecule has 0 unspecified atom stereocenters. The van der Waals surface area contributed by atoms with Gasteiger partial charge < -0.3 is 15.2 Å². The molecule has 4 aliphatic rings. The first-order valence-electron chi connectivity index (χ1n) is 11.0. The number of rotatable bonds is 4. The van der Waals surface area contributed by atoms with E-state index in [0.29, 0.717) is 0 Å². The second kappa shape index (κ2) is 7.26. The maximum absolute atomic E-state index is 13.5. The molecule has 0 aromatic heterocycles. The largest absolute Gasteiger partial charge is 0.458 e. The van der Waals surface area contributed by atoms with Crippen LogP contribution in [0.15, 0.2) is 30.3 Å². The van der Waals surface area contributed by atoms with Crippen LogP contribution in [0, 0.1) is 17.3 Å². The molecule has 4 atom stereocenters. The molecule has 3 aliphatic carbocycles. The number of nitrogens with two attached hydrogens (primary N) is 1. The Morgan fingerprint density at radius 2 is 1.73 bits per heavy atom. The van der Waals surface area contributed by atoms with E-state index in [-0.39, 0.29) is 29.4 Å². The first kappa shape index (κ1) is 21.2. The predicted molar refractivity (Wildman–Crippen MR) is 114 cm³/mol. The summed E-state index contributed by atoms with van der Waals surface area (Å²) in [5, 5.41) is 0. The van der Waals surface area contributed by atoms with Crippen LogP contribution >= 0.6 is 0 Å². The summed E-state index contributed by atoms with van der Waals surface area (Å²) in [6, 6.07) is 8.23. The van der Waals surface area contributed by atoms with Crippen molar-refractivity contribution in [2.24, 2.45) is 23.0 Å². The van der Waals surface area contributed by atoms with Crippen LogP contribution in [-0.2, 0) is 14.3 Å². The van der Waals surface area contributed by atoms with Crippen molar-refractivity contribution in [1.82, 2.24) is 4.90 Å². The summed E-state index contributed by atoms with van der Waals surface area (Å²) in [6.45, 7) is 9.17. The lowest BCUT2D eigenvalue weighted by Crippen LogP contribution is -2.63. The van der Waals surface area contributed by atoms with E-state index in [0.717, 1.165) is 30.7 Å². The van der Waals surface area contributed by atoms with E-state index < -0.39 is 23.8 Å². The lowest BCUT2D eigenvalue weighted by molar-refractivity contribution is -0.183. The third kappa shape index (κ3) is 3.49. The Morgan fingerprint density at radius 1 is 1.13 bits per heavy atom. The lowest BCUT2D eigenvalue weighted by atomic mass is 9.39. The molecule has 3 saturated carbocycles. The van der Waals surface area contributed by atoms with Gasteiger partial charge in [-0.3, -0.25) is 4.90 Å². The Balaban J connectivity index is 1.78. The first-order chi connectivity index (χ1) is 14.0. The molecule has 164 valence electrons. The third-order valence-electron chi connectivity index (χ3n) is 6.85. The number of nitrogens with zero attached hydrogens (tertiary/aromatic N) is 1. The third-order valence-corrected chi connectivity index (χ3v) is 6.85. The summed E-state index contributed by atoms with van der Waals surface area (Å²) in [6.07, 6.45) is 2.45. The fourth-order valence-corrected chi connectivity index (χ4v) is 5.78. The van der Waals surface area contributed by atoms with Gasteiger partial charge in [0.15, 0.2) is 0 Å². The van der Waals surface area contributed by atoms with Crippen LogP contribution in [0.5, 0.6) is 0 Å². The SMILES string of the molecule is CC(C)OC(=O)N1[C@H](C(=O)OC(C)(C)C)[C@@H](C23CC(C2)C3)[C@H](N)[C@@H]1c1ccccc1. The standard InChI is InChI=1S/C24H34N2O4/c1-14(2)29-22(28)26-19(16-9-7-6-8-10-16)18(25)17(24-11-15(12-24)13-24)20(26)21(27)30-23(3,4)5/h6-10,14-15,17-20H,11-13,25H2,1-5H3/t15?,17-,18-,19-,20-,24?/m0/s1. The van der Waals surface area contributed by atoms with Crippen molar-refractivity contribution in [3.63, 3.8) is 0 Å². The maximum atomic E-state index is 13.5. The molecule has 0 radical (unpaired) electrons. The van der Waals surface area contributed by atoms with Crippen LogP contribution in [0.3, 0.4) is 0 Å². The number of carbonyl (C=O) groups is 2. The zero-order valence-corrected chi connectivity index (χ0v) is 18.6. The van der Waals surface area contributed by atoms with E-state index >= 15 is 0 Å². The number of amides is 1. The van der Waals surface area contributed by atoms with E-state index in [2.05, 4.69) is 0 Å². The Labute approximate surface area is 179 Å². The number of ether oxygens (including phenoxy) is 2. The molecule has 2 bridgehead atoms. The topological polar surface area (TPSA) is 81.9 Å². The molecule has 0 spiro atoms. The number of benzene rings is 1. The van der Waals surface area contributed by atoms with Gasteiger partial charge in [-0.15, -0.1) is 0 Å². The summed E-state index contributed by atoms with van der Waals surface area (Å²) >= 11 is 0. The molecule has 4 fully saturated rings. The van der Waals surface area contributed by atoms with Gasteiger partial charge in [-0.25, -0.2) is 9.59 Å². The van der Waals surface area contributed by atoms with E-state index in [1.165, 1.54) is 0 Å². The van der Waals surface area contributed by atoms with Crippen molar-refractivity contribution < 1.29 is 19.1 Å². The Bertz CT molecular complexity index is 799. The van der Waals surface area contributed by atoms with Crippen LogP contribution in [0.2, 0.25) is 0 Å². The van der Waals surface area contributed by atoms with Gasteiger partial charge in [0.2, 0.25) is 0 Å². The van der Waals surface area contributed by atoms with Crippen LogP contribution in [0.25, 0.3) is 0 Å². The molecule has 6 heteroatoms. The second-order valence-electron chi connectivity index (χ2n) is 10.6. The van der Waals surface area contributed by atoms with Gasteiger partial charge >= 0.3 is 12.1 Å². The molecule has 1 aromatic rings. The van der Waals surface area contributed by atoms with Gasteiger partial charge in [0, 0.05) is 12.0 Å². The lowest BCUT2D eigenvalue weighted by Gasteiger charge is -2.66. The second-order valence-corrected chi connectivity index (χ2v) is 10.6. The van der Waals surface area contributed by atoms with Crippen molar-refractivity contribution in [2.75, 3.05) is 0 Å². The molecule has 2 N–H and O–H groups in total. The number of hydrogen-bond donors (Lipinski definition) is 1. The van der Waals surface area contributed by atoms with Crippen molar-refractivity contribution in [3.8, 4) is 0 Å². The van der Waals surface area contributed by atoms with Gasteiger partial charge in [-0.2, -0.15) is 0 Å². The van der Waals surface area contributed by atoms with E-state index in [9.17, 15) is 9.59 Å². The highest BCUT2D eigenvalue weighted by molar-refractivity contribution is 5.84. The maximum Gasteiger partial charge on any atom is 0.411 e. The normalized spacial score (nSPS) is 34.9. The highest BCUT2D eigenvalue weighted by Crippen LogP contribution is 2.71. The summed E-state index contributed by atoms with van der Waals surface area (Å²) < 4.78 is 11.4. The zero-order chi connectivity index (χ0) is 21.8. The molecule has 30 heavy (non-hydrogen) atoms. The van der Waals surface area contributed by atoms with Gasteiger partial charge in [-0.1, -0.05) is 30.3 Å². The summed E-state index contributed by atoms with van der Waals surface area (Å²) in [5.74, 6) is 0.220. The number of carbonyl (C=O) groups excluding carboxylic acids is 2. The molecule has 6 nitrogen and oxygen atoms in total. The Kier molecular flexibility index (Phi) is 5.12. The summed E-state index contributed by atoms with van der Waals surface area (Å²) in [5.41, 5.74) is 7.18. The van der Waals surface area contributed by atoms with E-state index in [1.54, 1.807) is 4.90 Å². The predicted octanol–water partition coefficient (Wildman–Crippen LogP) is 4.04. The zero-order valence-electron chi connectivity index (χ0n) is 18.6. The van der Waals surface area contributed by atoms with E-state index in [4.69, 9.17) is 15.2 Å². The fourth-order valence-electron chi connectivity index (χ4n) is 5.78. The molecular weight excluding hydrogens is 380 g/mol. The van der Waals surface area contributed by atoms with Gasteiger partial charge in [0.05, 0.1) is 12.1 Å². The van der Waals surface area contributed by atoms with Crippen molar-refractivity contribution >= 4 is 12.1 Å². The minimum atomic E-state index is -0.739. The number of likely N-dealkylation sites (tertiary alicyclic amines) is 1. The number of esters is 1. The molecule has 1 amide bonds. The Hall–Kier alpha value is -2.08. The quantitative estimate of drug-likeness (QED) is 0.752. The molecular formula is C24H34N2O4.